The van der Waals surface area contributed by atoms with E-state index in [-0.39, 0.29) is 0 Å². The Kier molecular flexibility index (Phi) is 4.37. The first-order valence-electron chi connectivity index (χ1n) is 7.55. The second kappa shape index (κ2) is 6.62. The van der Waals surface area contributed by atoms with E-state index in [0.717, 1.165) is 27.9 Å². The number of ether oxygens (including phenoxy) is 2. The van der Waals surface area contributed by atoms with Crippen molar-refractivity contribution < 1.29 is 14.3 Å². The van der Waals surface area contributed by atoms with Crippen molar-refractivity contribution in [3.63, 3.8) is 0 Å². The predicted molar refractivity (Wildman–Crippen MR) is 92.3 cm³/mol. The fourth-order valence-electron chi connectivity index (χ4n) is 2.47. The SMILES string of the molecule is COC(=O)Nc1ccc(OCc2ccc3c(c2)ncn3C)cc1C. The lowest BCUT2D eigenvalue weighted by Gasteiger charge is -2.11. The molecule has 124 valence electrons. The van der Waals surface area contributed by atoms with Gasteiger partial charge in [-0.1, -0.05) is 6.07 Å². The maximum absolute atomic E-state index is 11.3. The number of benzene rings is 2. The lowest BCUT2D eigenvalue weighted by Crippen LogP contribution is -2.11. The minimum absolute atomic E-state index is 0.454. The lowest BCUT2D eigenvalue weighted by molar-refractivity contribution is 0.187. The first-order valence-corrected chi connectivity index (χ1v) is 7.55. The molecule has 0 aliphatic rings. The normalized spacial score (nSPS) is 10.6. The summed E-state index contributed by atoms with van der Waals surface area (Å²) in [4.78, 5) is 15.6. The number of nitrogens with one attached hydrogen (secondary N) is 1. The quantitative estimate of drug-likeness (QED) is 0.795. The molecule has 1 heterocycles. The van der Waals surface area contributed by atoms with Gasteiger partial charge in [0, 0.05) is 12.7 Å². The van der Waals surface area contributed by atoms with Gasteiger partial charge in [-0.3, -0.25) is 5.32 Å². The predicted octanol–water partition coefficient (Wildman–Crippen LogP) is 3.64. The zero-order valence-corrected chi connectivity index (χ0v) is 13.9. The van der Waals surface area contributed by atoms with Crippen LogP contribution in [0.2, 0.25) is 0 Å². The van der Waals surface area contributed by atoms with E-state index in [1.54, 1.807) is 12.4 Å². The van der Waals surface area contributed by atoms with E-state index in [9.17, 15) is 4.79 Å². The van der Waals surface area contributed by atoms with Crippen LogP contribution in [0.1, 0.15) is 11.1 Å². The molecule has 0 radical (unpaired) electrons. The smallest absolute Gasteiger partial charge is 0.411 e. The van der Waals surface area contributed by atoms with Crippen LogP contribution < -0.4 is 10.1 Å². The van der Waals surface area contributed by atoms with Crippen molar-refractivity contribution in [2.75, 3.05) is 12.4 Å². The van der Waals surface area contributed by atoms with E-state index < -0.39 is 6.09 Å². The standard InChI is InChI=1S/C18H19N3O3/c1-12-8-14(5-6-15(12)20-18(22)23-3)24-10-13-4-7-17-16(9-13)19-11-21(17)2/h4-9,11H,10H2,1-3H3,(H,20,22). The summed E-state index contributed by atoms with van der Waals surface area (Å²) < 4.78 is 12.4. The van der Waals surface area contributed by atoms with Crippen LogP contribution in [0.25, 0.3) is 11.0 Å². The van der Waals surface area contributed by atoms with E-state index in [2.05, 4.69) is 15.0 Å². The molecule has 2 aromatic carbocycles. The summed E-state index contributed by atoms with van der Waals surface area (Å²) in [6.07, 6.45) is 1.31. The number of imidazole rings is 1. The van der Waals surface area contributed by atoms with E-state index in [4.69, 9.17) is 4.74 Å². The molecule has 0 spiro atoms. The number of amides is 1. The third-order valence-electron chi connectivity index (χ3n) is 3.82. The number of hydrogen-bond donors (Lipinski definition) is 1. The maximum atomic E-state index is 11.3. The van der Waals surface area contributed by atoms with Crippen LogP contribution in [-0.4, -0.2) is 22.8 Å². The minimum atomic E-state index is -0.490. The number of carbonyl (C=O) groups excluding carboxylic acids is 1. The summed E-state index contributed by atoms with van der Waals surface area (Å²) in [5.41, 5.74) is 4.69. The van der Waals surface area contributed by atoms with Crippen LogP contribution in [0, 0.1) is 6.92 Å². The summed E-state index contributed by atoms with van der Waals surface area (Å²) in [6, 6.07) is 11.6. The molecule has 0 fully saturated rings. The van der Waals surface area contributed by atoms with Gasteiger partial charge in [0.25, 0.3) is 0 Å². The van der Waals surface area contributed by atoms with Crippen LogP contribution in [0.5, 0.6) is 5.75 Å². The van der Waals surface area contributed by atoms with Gasteiger partial charge >= 0.3 is 6.09 Å². The molecule has 0 saturated carbocycles. The van der Waals surface area contributed by atoms with Gasteiger partial charge in [0.15, 0.2) is 0 Å². The summed E-state index contributed by atoms with van der Waals surface area (Å²) in [5, 5.41) is 2.66. The zero-order chi connectivity index (χ0) is 17.1. The van der Waals surface area contributed by atoms with Crippen LogP contribution >= 0.6 is 0 Å². The molecule has 6 nitrogen and oxygen atoms in total. The lowest BCUT2D eigenvalue weighted by atomic mass is 10.2. The van der Waals surface area contributed by atoms with Gasteiger partial charge in [-0.05, 0) is 48.4 Å². The van der Waals surface area contributed by atoms with Crippen molar-refractivity contribution in [3.8, 4) is 5.75 Å². The largest absolute Gasteiger partial charge is 0.489 e. The highest BCUT2D eigenvalue weighted by Crippen LogP contribution is 2.23. The Morgan fingerprint density at radius 2 is 2.08 bits per heavy atom. The van der Waals surface area contributed by atoms with Crippen molar-refractivity contribution >= 4 is 22.8 Å². The first kappa shape index (κ1) is 15.9. The number of fused-ring (bicyclic) bond motifs is 1. The molecule has 0 atom stereocenters. The molecular weight excluding hydrogens is 306 g/mol. The third-order valence-corrected chi connectivity index (χ3v) is 3.82. The molecule has 1 N–H and O–H groups in total. The highest BCUT2D eigenvalue weighted by molar-refractivity contribution is 5.85. The van der Waals surface area contributed by atoms with Gasteiger partial charge < -0.3 is 14.0 Å². The van der Waals surface area contributed by atoms with Crippen molar-refractivity contribution in [1.29, 1.82) is 0 Å². The summed E-state index contributed by atoms with van der Waals surface area (Å²) >= 11 is 0. The topological polar surface area (TPSA) is 65.4 Å². The molecule has 3 rings (SSSR count). The Labute approximate surface area is 140 Å². The molecule has 0 aliphatic carbocycles. The highest BCUT2D eigenvalue weighted by atomic mass is 16.5. The highest BCUT2D eigenvalue weighted by Gasteiger charge is 2.06. The van der Waals surface area contributed by atoms with Gasteiger partial charge in [0.2, 0.25) is 0 Å². The number of methoxy groups -OCH3 is 1. The van der Waals surface area contributed by atoms with Gasteiger partial charge in [-0.25, -0.2) is 9.78 Å². The Bertz CT molecular complexity index is 886. The second-order valence-corrected chi connectivity index (χ2v) is 5.56. The molecule has 6 heteroatoms. The summed E-state index contributed by atoms with van der Waals surface area (Å²) in [6.45, 7) is 2.35. The molecule has 0 aliphatic heterocycles. The average Bonchev–Trinajstić information content (AvgIpc) is 2.95. The number of nitrogens with zero attached hydrogens (tertiary/aromatic N) is 2. The van der Waals surface area contributed by atoms with Gasteiger partial charge in [-0.2, -0.15) is 0 Å². The molecule has 0 saturated heterocycles. The van der Waals surface area contributed by atoms with Crippen molar-refractivity contribution in [3.05, 3.63) is 53.9 Å². The van der Waals surface area contributed by atoms with Crippen molar-refractivity contribution in [2.24, 2.45) is 7.05 Å². The Morgan fingerprint density at radius 3 is 2.83 bits per heavy atom. The van der Waals surface area contributed by atoms with E-state index in [1.165, 1.54) is 7.11 Å². The van der Waals surface area contributed by atoms with Gasteiger partial charge in [-0.15, -0.1) is 0 Å². The monoisotopic (exact) mass is 325 g/mol. The van der Waals surface area contributed by atoms with Crippen LogP contribution in [0.15, 0.2) is 42.7 Å². The van der Waals surface area contributed by atoms with Crippen LogP contribution in [-0.2, 0) is 18.4 Å². The van der Waals surface area contributed by atoms with E-state index in [1.807, 2.05) is 48.9 Å². The first-order chi connectivity index (χ1) is 11.6. The van der Waals surface area contributed by atoms with Crippen LogP contribution in [0.4, 0.5) is 10.5 Å². The molecular formula is C18H19N3O3. The number of anilines is 1. The number of carbonyl (C=O) groups is 1. The summed E-state index contributed by atoms with van der Waals surface area (Å²) in [7, 11) is 3.30. The Balaban J connectivity index is 1.69. The minimum Gasteiger partial charge on any atom is -0.489 e. The number of hydrogen-bond acceptors (Lipinski definition) is 4. The van der Waals surface area contributed by atoms with Gasteiger partial charge in [0.05, 0.1) is 24.5 Å². The van der Waals surface area contributed by atoms with Gasteiger partial charge in [0.1, 0.15) is 12.4 Å². The third kappa shape index (κ3) is 3.32. The second-order valence-electron chi connectivity index (χ2n) is 5.56. The zero-order valence-electron chi connectivity index (χ0n) is 13.9. The molecule has 1 aromatic heterocycles. The fourth-order valence-corrected chi connectivity index (χ4v) is 2.47. The van der Waals surface area contributed by atoms with Crippen molar-refractivity contribution in [2.45, 2.75) is 13.5 Å². The molecule has 0 bridgehead atoms. The fraction of sp³-hybridized carbons (Fsp3) is 0.222. The molecule has 1 amide bonds. The number of aromatic nitrogens is 2. The van der Waals surface area contributed by atoms with E-state index in [0.29, 0.717) is 12.3 Å². The summed E-state index contributed by atoms with van der Waals surface area (Å²) in [5.74, 6) is 0.740. The molecule has 24 heavy (non-hydrogen) atoms. The molecule has 0 unspecified atom stereocenters. The molecule has 3 aromatic rings. The number of rotatable bonds is 4. The van der Waals surface area contributed by atoms with Crippen molar-refractivity contribution in [1.82, 2.24) is 9.55 Å². The average molecular weight is 325 g/mol. The Hall–Kier alpha value is -3.02. The van der Waals surface area contributed by atoms with Crippen LogP contribution in [0.3, 0.4) is 0 Å². The Morgan fingerprint density at radius 1 is 1.25 bits per heavy atom. The maximum Gasteiger partial charge on any atom is 0.411 e. The number of aryl methyl sites for hydroxylation is 2. The van der Waals surface area contributed by atoms with E-state index >= 15 is 0 Å².